The van der Waals surface area contributed by atoms with Crippen molar-refractivity contribution in [2.75, 3.05) is 31.1 Å². The highest BCUT2D eigenvalue weighted by Gasteiger charge is 2.21. The first-order valence-electron chi connectivity index (χ1n) is 7.42. The van der Waals surface area contributed by atoms with Crippen molar-refractivity contribution in [1.82, 2.24) is 15.2 Å². The average molecular weight is 327 g/mol. The van der Waals surface area contributed by atoms with E-state index in [0.29, 0.717) is 25.2 Å². The molecule has 0 aliphatic carbocycles. The van der Waals surface area contributed by atoms with Crippen LogP contribution in [0.1, 0.15) is 11.1 Å². The Morgan fingerprint density at radius 2 is 2.00 bits per heavy atom. The summed E-state index contributed by atoms with van der Waals surface area (Å²) in [4.78, 5) is 20.6. The summed E-state index contributed by atoms with van der Waals surface area (Å²) < 4.78 is 0. The number of aromatic nitrogens is 1. The number of hydrogen-bond donors (Lipinski definition) is 1. The zero-order valence-electron chi connectivity index (χ0n) is 12.6. The Morgan fingerprint density at radius 3 is 2.61 bits per heavy atom. The van der Waals surface area contributed by atoms with Crippen LogP contribution in [0.5, 0.6) is 0 Å². The monoisotopic (exact) mass is 327 g/mol. The molecule has 7 heteroatoms. The lowest BCUT2D eigenvalue weighted by Crippen LogP contribution is -2.51. The highest BCUT2D eigenvalue weighted by molar-refractivity contribution is 7.13. The number of thiazole rings is 1. The highest BCUT2D eigenvalue weighted by Crippen LogP contribution is 2.18. The Labute approximate surface area is 139 Å². The molecule has 0 radical (unpaired) electrons. The molecule has 1 aliphatic heterocycles. The van der Waals surface area contributed by atoms with Crippen LogP contribution in [0.3, 0.4) is 0 Å². The number of carbonyl (C=O) groups is 1. The zero-order chi connectivity index (χ0) is 16.1. The molecule has 1 N–H and O–H groups in total. The molecule has 0 atom stereocenters. The van der Waals surface area contributed by atoms with Crippen molar-refractivity contribution in [3.05, 3.63) is 47.0 Å². The van der Waals surface area contributed by atoms with E-state index in [1.165, 1.54) is 0 Å². The molecule has 1 fully saturated rings. The number of hydrogen-bond acceptors (Lipinski definition) is 5. The van der Waals surface area contributed by atoms with E-state index in [0.717, 1.165) is 23.8 Å². The van der Waals surface area contributed by atoms with Crippen LogP contribution in [-0.4, -0.2) is 42.1 Å². The van der Waals surface area contributed by atoms with Crippen molar-refractivity contribution < 1.29 is 4.79 Å². The second-order valence-electron chi connectivity index (χ2n) is 5.26. The standard InChI is InChI=1S/C16H17N5OS/c17-11-13-1-3-14(4-2-13)12-19-15(22)20-6-8-21(9-7-20)16-18-5-10-23-16/h1-5,10H,6-9,12H2,(H,19,22). The minimum atomic E-state index is -0.0480. The van der Waals surface area contributed by atoms with Crippen LogP contribution in [0.2, 0.25) is 0 Å². The Hall–Kier alpha value is -2.59. The van der Waals surface area contributed by atoms with Gasteiger partial charge >= 0.3 is 6.03 Å². The first-order valence-corrected chi connectivity index (χ1v) is 8.30. The molecule has 23 heavy (non-hydrogen) atoms. The van der Waals surface area contributed by atoms with Gasteiger partial charge < -0.3 is 15.1 Å². The fourth-order valence-corrected chi connectivity index (χ4v) is 3.16. The molecule has 0 spiro atoms. The van der Waals surface area contributed by atoms with Crippen LogP contribution in [0.25, 0.3) is 0 Å². The van der Waals surface area contributed by atoms with Crippen molar-refractivity contribution in [3.8, 4) is 6.07 Å². The number of benzene rings is 1. The van der Waals surface area contributed by atoms with Crippen molar-refractivity contribution in [2.24, 2.45) is 0 Å². The van der Waals surface area contributed by atoms with E-state index in [9.17, 15) is 4.79 Å². The molecular formula is C16H17N5OS. The van der Waals surface area contributed by atoms with Crippen LogP contribution < -0.4 is 10.2 Å². The summed E-state index contributed by atoms with van der Waals surface area (Å²) in [6.07, 6.45) is 1.80. The Kier molecular flexibility index (Phi) is 4.74. The number of piperazine rings is 1. The molecule has 1 aromatic carbocycles. The summed E-state index contributed by atoms with van der Waals surface area (Å²) in [5.74, 6) is 0. The van der Waals surface area contributed by atoms with Gasteiger partial charge in [0.25, 0.3) is 0 Å². The number of amides is 2. The zero-order valence-corrected chi connectivity index (χ0v) is 13.4. The molecule has 0 saturated carbocycles. The molecule has 3 rings (SSSR count). The van der Waals surface area contributed by atoms with E-state index < -0.39 is 0 Å². The number of carbonyl (C=O) groups excluding carboxylic acids is 1. The van der Waals surface area contributed by atoms with Crippen molar-refractivity contribution >= 4 is 22.5 Å². The first-order chi connectivity index (χ1) is 11.3. The number of nitrogens with one attached hydrogen (secondary N) is 1. The summed E-state index contributed by atoms with van der Waals surface area (Å²) in [5.41, 5.74) is 1.61. The van der Waals surface area contributed by atoms with E-state index in [1.807, 2.05) is 22.4 Å². The van der Waals surface area contributed by atoms with Gasteiger partial charge in [-0.1, -0.05) is 12.1 Å². The van der Waals surface area contributed by atoms with Gasteiger partial charge in [0.2, 0.25) is 0 Å². The molecule has 1 aliphatic rings. The fourth-order valence-electron chi connectivity index (χ4n) is 2.46. The smallest absolute Gasteiger partial charge is 0.317 e. The van der Waals surface area contributed by atoms with Crippen LogP contribution in [-0.2, 0) is 6.54 Å². The maximum atomic E-state index is 12.2. The molecular weight excluding hydrogens is 310 g/mol. The number of anilines is 1. The summed E-state index contributed by atoms with van der Waals surface area (Å²) in [6, 6.07) is 9.27. The SMILES string of the molecule is N#Cc1ccc(CNC(=O)N2CCN(c3nccs3)CC2)cc1. The van der Waals surface area contributed by atoms with Crippen LogP contribution in [0, 0.1) is 11.3 Å². The minimum Gasteiger partial charge on any atom is -0.345 e. The summed E-state index contributed by atoms with van der Waals surface area (Å²) in [7, 11) is 0. The Bertz CT molecular complexity index is 684. The maximum Gasteiger partial charge on any atom is 0.317 e. The summed E-state index contributed by atoms with van der Waals surface area (Å²) in [6.45, 7) is 3.46. The lowest BCUT2D eigenvalue weighted by atomic mass is 10.1. The number of nitriles is 1. The van der Waals surface area contributed by atoms with Crippen LogP contribution in [0.4, 0.5) is 9.93 Å². The normalized spacial score (nSPS) is 14.4. The van der Waals surface area contributed by atoms with Gasteiger partial charge in [0, 0.05) is 44.3 Å². The quantitative estimate of drug-likeness (QED) is 0.936. The van der Waals surface area contributed by atoms with Gasteiger partial charge in [0.1, 0.15) is 0 Å². The van der Waals surface area contributed by atoms with Gasteiger partial charge in [-0.25, -0.2) is 9.78 Å². The molecule has 6 nitrogen and oxygen atoms in total. The molecule has 2 aromatic rings. The predicted molar refractivity (Wildman–Crippen MR) is 89.3 cm³/mol. The minimum absolute atomic E-state index is 0.0480. The summed E-state index contributed by atoms with van der Waals surface area (Å²) in [5, 5.41) is 14.7. The second kappa shape index (κ2) is 7.11. The summed E-state index contributed by atoms with van der Waals surface area (Å²) >= 11 is 1.62. The molecule has 0 unspecified atom stereocenters. The lowest BCUT2D eigenvalue weighted by molar-refractivity contribution is 0.194. The van der Waals surface area contributed by atoms with Gasteiger partial charge in [-0.2, -0.15) is 5.26 Å². The molecule has 0 bridgehead atoms. The van der Waals surface area contributed by atoms with Crippen molar-refractivity contribution in [2.45, 2.75) is 6.54 Å². The highest BCUT2D eigenvalue weighted by atomic mass is 32.1. The fraction of sp³-hybridized carbons (Fsp3) is 0.312. The van der Waals surface area contributed by atoms with Crippen molar-refractivity contribution in [1.29, 1.82) is 5.26 Å². The Morgan fingerprint density at radius 1 is 1.26 bits per heavy atom. The van der Waals surface area contributed by atoms with Gasteiger partial charge in [0.05, 0.1) is 11.6 Å². The van der Waals surface area contributed by atoms with E-state index in [-0.39, 0.29) is 6.03 Å². The maximum absolute atomic E-state index is 12.2. The van der Waals surface area contributed by atoms with Gasteiger partial charge in [-0.3, -0.25) is 0 Å². The topological polar surface area (TPSA) is 72.3 Å². The van der Waals surface area contributed by atoms with Gasteiger partial charge in [-0.15, -0.1) is 11.3 Å². The number of rotatable bonds is 3. The van der Waals surface area contributed by atoms with Crippen LogP contribution in [0.15, 0.2) is 35.8 Å². The van der Waals surface area contributed by atoms with Gasteiger partial charge in [-0.05, 0) is 17.7 Å². The first kappa shape index (κ1) is 15.3. The Balaban J connectivity index is 1.47. The molecule has 2 heterocycles. The number of nitrogens with zero attached hydrogens (tertiary/aromatic N) is 4. The van der Waals surface area contributed by atoms with E-state index in [1.54, 1.807) is 29.7 Å². The third kappa shape index (κ3) is 3.79. The van der Waals surface area contributed by atoms with E-state index in [2.05, 4.69) is 21.3 Å². The predicted octanol–water partition coefficient (Wildman–Crippen LogP) is 2.05. The third-order valence-corrected chi connectivity index (χ3v) is 4.62. The second-order valence-corrected chi connectivity index (χ2v) is 6.13. The molecule has 1 saturated heterocycles. The van der Waals surface area contributed by atoms with E-state index in [4.69, 9.17) is 5.26 Å². The number of urea groups is 1. The lowest BCUT2D eigenvalue weighted by Gasteiger charge is -2.34. The largest absolute Gasteiger partial charge is 0.345 e. The molecule has 2 amide bonds. The van der Waals surface area contributed by atoms with Gasteiger partial charge in [0.15, 0.2) is 5.13 Å². The van der Waals surface area contributed by atoms with E-state index >= 15 is 0 Å². The average Bonchev–Trinajstić information content (AvgIpc) is 3.15. The third-order valence-electron chi connectivity index (χ3n) is 3.78. The molecule has 118 valence electrons. The molecule has 1 aromatic heterocycles. The van der Waals surface area contributed by atoms with Crippen molar-refractivity contribution in [3.63, 3.8) is 0 Å². The van der Waals surface area contributed by atoms with Crippen LogP contribution >= 0.6 is 11.3 Å².